The molecule has 1 aromatic heterocycles. The Kier molecular flexibility index (Phi) is 6.51. The molecule has 2 amide bonds. The molecule has 1 unspecified atom stereocenters. The molecule has 1 N–H and O–H groups in total. The van der Waals surface area contributed by atoms with E-state index in [2.05, 4.69) is 10.2 Å². The second-order valence-corrected chi connectivity index (χ2v) is 7.29. The van der Waals surface area contributed by atoms with Crippen LogP contribution in [0.3, 0.4) is 0 Å². The average Bonchev–Trinajstić information content (AvgIpc) is 3.13. The first kappa shape index (κ1) is 18.6. The maximum absolute atomic E-state index is 12.1. The molecule has 0 aromatic carbocycles. The second kappa shape index (κ2) is 8.39. The van der Waals surface area contributed by atoms with Gasteiger partial charge < -0.3 is 15.1 Å². The maximum atomic E-state index is 12.1. The van der Waals surface area contributed by atoms with Gasteiger partial charge in [-0.15, -0.1) is 11.3 Å². The van der Waals surface area contributed by atoms with Gasteiger partial charge in [-0.25, -0.2) is 0 Å². The van der Waals surface area contributed by atoms with Gasteiger partial charge in [0.15, 0.2) is 5.78 Å². The van der Waals surface area contributed by atoms with Crippen molar-refractivity contribution >= 4 is 28.9 Å². The lowest BCUT2D eigenvalue weighted by Gasteiger charge is -2.26. The van der Waals surface area contributed by atoms with E-state index in [4.69, 9.17) is 0 Å². The van der Waals surface area contributed by atoms with Crippen molar-refractivity contribution in [1.82, 2.24) is 15.1 Å². The molecule has 1 aromatic rings. The Hall–Kier alpha value is -1.73. The van der Waals surface area contributed by atoms with Crippen molar-refractivity contribution in [2.24, 2.45) is 0 Å². The molecule has 6 nitrogen and oxygen atoms in total. The number of carbonyl (C=O) groups is 3. The number of nitrogens with one attached hydrogen (secondary N) is 1. The Morgan fingerprint density at radius 1 is 1.42 bits per heavy atom. The van der Waals surface area contributed by atoms with Gasteiger partial charge in [0.25, 0.3) is 5.91 Å². The Morgan fingerprint density at radius 3 is 2.79 bits per heavy atom. The zero-order valence-electron chi connectivity index (χ0n) is 14.5. The van der Waals surface area contributed by atoms with Crippen LogP contribution in [0.4, 0.5) is 0 Å². The molecule has 1 fully saturated rings. The molecule has 2 heterocycles. The zero-order valence-corrected chi connectivity index (χ0v) is 15.3. The van der Waals surface area contributed by atoms with Gasteiger partial charge in [-0.2, -0.15) is 0 Å². The maximum Gasteiger partial charge on any atom is 0.252 e. The van der Waals surface area contributed by atoms with Crippen molar-refractivity contribution in [3.63, 3.8) is 0 Å². The van der Waals surface area contributed by atoms with Crippen LogP contribution in [0.1, 0.15) is 46.2 Å². The Balaban J connectivity index is 1.80. The van der Waals surface area contributed by atoms with Crippen LogP contribution in [0.15, 0.2) is 11.4 Å². The lowest BCUT2D eigenvalue weighted by molar-refractivity contribution is -0.129. The van der Waals surface area contributed by atoms with E-state index >= 15 is 0 Å². The summed E-state index contributed by atoms with van der Waals surface area (Å²) in [6.07, 6.45) is 2.21. The van der Waals surface area contributed by atoms with Crippen LogP contribution in [-0.2, 0) is 4.79 Å². The zero-order chi connectivity index (χ0) is 17.7. The molecular formula is C17H25N3O3S. The molecule has 0 aliphatic carbocycles. The van der Waals surface area contributed by atoms with Crippen LogP contribution in [0.25, 0.3) is 0 Å². The smallest absolute Gasteiger partial charge is 0.252 e. The number of hydrogen-bond donors (Lipinski definition) is 1. The minimum Gasteiger partial charge on any atom is -0.352 e. The van der Waals surface area contributed by atoms with E-state index in [1.54, 1.807) is 11.4 Å². The van der Waals surface area contributed by atoms with Crippen molar-refractivity contribution in [3.05, 3.63) is 21.9 Å². The number of Topliss-reactive ketones (excluding diaryl/α,β-unsaturated/α-hetero) is 1. The van der Waals surface area contributed by atoms with E-state index in [0.29, 0.717) is 23.4 Å². The number of likely N-dealkylation sites (N-methyl/N-ethyl adjacent to an activating group) is 1. The topological polar surface area (TPSA) is 69.7 Å². The minimum atomic E-state index is -0.164. The molecule has 1 atom stereocenters. The fourth-order valence-corrected chi connectivity index (χ4v) is 3.59. The molecule has 7 heteroatoms. The largest absolute Gasteiger partial charge is 0.352 e. The van der Waals surface area contributed by atoms with Gasteiger partial charge in [0.1, 0.15) is 0 Å². The summed E-state index contributed by atoms with van der Waals surface area (Å²) >= 11 is 1.29. The highest BCUT2D eigenvalue weighted by molar-refractivity contribution is 7.12. The van der Waals surface area contributed by atoms with Gasteiger partial charge in [-0.1, -0.05) is 0 Å². The van der Waals surface area contributed by atoms with Crippen molar-refractivity contribution in [1.29, 1.82) is 0 Å². The van der Waals surface area contributed by atoms with Crippen LogP contribution < -0.4 is 5.32 Å². The molecule has 0 radical (unpaired) electrons. The molecule has 1 aliphatic heterocycles. The van der Waals surface area contributed by atoms with E-state index < -0.39 is 0 Å². The molecule has 2 rings (SSSR count). The molecular weight excluding hydrogens is 326 g/mol. The number of amides is 2. The summed E-state index contributed by atoms with van der Waals surface area (Å²) in [5.41, 5.74) is 0.525. The molecule has 1 saturated heterocycles. The van der Waals surface area contributed by atoms with Crippen LogP contribution in [-0.4, -0.2) is 67.2 Å². The number of ketones is 1. The number of hydrogen-bond acceptors (Lipinski definition) is 5. The molecule has 0 spiro atoms. The summed E-state index contributed by atoms with van der Waals surface area (Å²) in [4.78, 5) is 40.0. The van der Waals surface area contributed by atoms with Gasteiger partial charge >= 0.3 is 0 Å². The summed E-state index contributed by atoms with van der Waals surface area (Å²) in [6, 6.07) is 1.83. The van der Waals surface area contributed by atoms with E-state index in [1.165, 1.54) is 18.3 Å². The Morgan fingerprint density at radius 2 is 2.17 bits per heavy atom. The number of thiophene rings is 1. The van der Waals surface area contributed by atoms with Crippen molar-refractivity contribution in [3.8, 4) is 0 Å². The third kappa shape index (κ3) is 4.88. The first-order chi connectivity index (χ1) is 11.4. The van der Waals surface area contributed by atoms with Gasteiger partial charge in [0.2, 0.25) is 5.91 Å². The first-order valence-electron chi connectivity index (χ1n) is 8.20. The lowest BCUT2D eigenvalue weighted by Crippen LogP contribution is -2.40. The Bertz CT molecular complexity index is 612. The summed E-state index contributed by atoms with van der Waals surface area (Å²) in [7, 11) is 3.98. The lowest BCUT2D eigenvalue weighted by atomic mass is 10.1. The van der Waals surface area contributed by atoms with Crippen molar-refractivity contribution in [2.45, 2.75) is 32.2 Å². The van der Waals surface area contributed by atoms with Crippen LogP contribution >= 0.6 is 11.3 Å². The highest BCUT2D eigenvalue weighted by atomic mass is 32.1. The molecule has 132 valence electrons. The van der Waals surface area contributed by atoms with Crippen LogP contribution in [0.2, 0.25) is 0 Å². The molecule has 0 saturated carbocycles. The monoisotopic (exact) mass is 351 g/mol. The number of rotatable bonds is 8. The third-order valence-corrected chi connectivity index (χ3v) is 5.24. The Labute approximate surface area is 146 Å². The predicted octanol–water partition coefficient (Wildman–Crippen LogP) is 1.62. The van der Waals surface area contributed by atoms with Gasteiger partial charge in [0.05, 0.1) is 10.4 Å². The SMILES string of the molecule is CC(=O)c1cc(C(=O)NCCC2CCC(=O)N2CCN(C)C)cs1. The van der Waals surface area contributed by atoms with Crippen molar-refractivity contribution in [2.75, 3.05) is 33.7 Å². The summed E-state index contributed by atoms with van der Waals surface area (Å²) in [5, 5.41) is 4.59. The molecule has 1 aliphatic rings. The number of nitrogens with zero attached hydrogens (tertiary/aromatic N) is 2. The molecule has 24 heavy (non-hydrogen) atoms. The van der Waals surface area contributed by atoms with Gasteiger partial charge in [-0.3, -0.25) is 14.4 Å². The van der Waals surface area contributed by atoms with E-state index in [9.17, 15) is 14.4 Å². The van der Waals surface area contributed by atoms with E-state index in [0.717, 1.165) is 25.9 Å². The minimum absolute atomic E-state index is 0.0277. The predicted molar refractivity (Wildman–Crippen MR) is 94.6 cm³/mol. The summed E-state index contributed by atoms with van der Waals surface area (Å²) < 4.78 is 0. The third-order valence-electron chi connectivity index (χ3n) is 4.21. The fraction of sp³-hybridized carbons (Fsp3) is 0.588. The fourth-order valence-electron chi connectivity index (χ4n) is 2.80. The van der Waals surface area contributed by atoms with Crippen molar-refractivity contribution < 1.29 is 14.4 Å². The first-order valence-corrected chi connectivity index (χ1v) is 9.08. The highest BCUT2D eigenvalue weighted by Crippen LogP contribution is 2.21. The second-order valence-electron chi connectivity index (χ2n) is 6.38. The van der Waals surface area contributed by atoms with E-state index in [1.807, 2.05) is 19.0 Å². The van der Waals surface area contributed by atoms with Gasteiger partial charge in [0, 0.05) is 37.5 Å². The van der Waals surface area contributed by atoms with Gasteiger partial charge in [-0.05, 0) is 39.9 Å². The standard InChI is InChI=1S/C17H25N3O3S/c1-12(21)15-10-13(11-24-15)17(23)18-7-6-14-4-5-16(22)20(14)9-8-19(2)3/h10-11,14H,4-9H2,1-3H3,(H,18,23). The van der Waals surface area contributed by atoms with Crippen LogP contribution in [0, 0.1) is 0 Å². The molecule has 0 bridgehead atoms. The average molecular weight is 351 g/mol. The number of carbonyl (C=O) groups excluding carboxylic acids is 3. The summed E-state index contributed by atoms with van der Waals surface area (Å²) in [6.45, 7) is 3.60. The van der Waals surface area contributed by atoms with E-state index in [-0.39, 0.29) is 23.6 Å². The number of likely N-dealkylation sites (tertiary alicyclic amines) is 1. The summed E-state index contributed by atoms with van der Waals surface area (Å²) in [5.74, 6) is 0.0140. The van der Waals surface area contributed by atoms with Crippen LogP contribution in [0.5, 0.6) is 0 Å². The normalized spacial score (nSPS) is 17.6. The highest BCUT2D eigenvalue weighted by Gasteiger charge is 2.30. The quantitative estimate of drug-likeness (QED) is 0.723.